The lowest BCUT2D eigenvalue weighted by Gasteiger charge is -2.31. The number of nitrogens with one attached hydrogen (secondary N) is 1. The Kier molecular flexibility index (Phi) is 5.43. The number of piperidine rings is 1. The van der Waals surface area contributed by atoms with Crippen molar-refractivity contribution in [3.63, 3.8) is 0 Å². The molecule has 0 saturated carbocycles. The highest BCUT2D eigenvalue weighted by molar-refractivity contribution is 9.10. The maximum absolute atomic E-state index is 12.1. The van der Waals surface area contributed by atoms with Crippen molar-refractivity contribution in [2.24, 2.45) is 0 Å². The first kappa shape index (κ1) is 15.3. The van der Waals surface area contributed by atoms with E-state index in [0.29, 0.717) is 6.54 Å². The van der Waals surface area contributed by atoms with Crippen LogP contribution in [0.15, 0.2) is 28.7 Å². The van der Waals surface area contributed by atoms with Crippen LogP contribution in [0, 0.1) is 0 Å². The van der Waals surface area contributed by atoms with Crippen molar-refractivity contribution in [3.8, 4) is 0 Å². The Hall–Kier alpha value is -1.07. The van der Waals surface area contributed by atoms with Gasteiger partial charge < -0.3 is 15.3 Å². The Morgan fingerprint density at radius 3 is 3.10 bits per heavy atom. The Labute approximate surface area is 128 Å². The molecule has 1 aromatic rings. The largest absolute Gasteiger partial charge is 0.391 e. The highest BCUT2D eigenvalue weighted by atomic mass is 79.9. The van der Waals surface area contributed by atoms with E-state index in [1.54, 1.807) is 4.90 Å². The van der Waals surface area contributed by atoms with Gasteiger partial charge in [-0.25, -0.2) is 4.79 Å². The van der Waals surface area contributed by atoms with Crippen molar-refractivity contribution in [2.75, 3.05) is 13.1 Å². The third kappa shape index (κ3) is 4.49. The zero-order valence-corrected chi connectivity index (χ0v) is 13.3. The minimum atomic E-state index is -0.380. The summed E-state index contributed by atoms with van der Waals surface area (Å²) >= 11 is 3.45. The van der Waals surface area contributed by atoms with Gasteiger partial charge in [0.15, 0.2) is 0 Å². The number of rotatable bonds is 3. The van der Waals surface area contributed by atoms with Crippen molar-refractivity contribution >= 4 is 22.0 Å². The zero-order chi connectivity index (χ0) is 14.5. The van der Waals surface area contributed by atoms with Gasteiger partial charge in [-0.3, -0.25) is 0 Å². The average molecular weight is 341 g/mol. The van der Waals surface area contributed by atoms with Crippen LogP contribution in [0.1, 0.15) is 25.3 Å². The van der Waals surface area contributed by atoms with Crippen LogP contribution in [0.25, 0.3) is 0 Å². The lowest BCUT2D eigenvalue weighted by atomic mass is 10.1. The number of hydrogen-bond acceptors (Lipinski definition) is 2. The summed E-state index contributed by atoms with van der Waals surface area (Å²) in [4.78, 5) is 13.8. The molecule has 20 heavy (non-hydrogen) atoms. The summed E-state index contributed by atoms with van der Waals surface area (Å²) in [5, 5.41) is 12.6. The summed E-state index contributed by atoms with van der Waals surface area (Å²) < 4.78 is 1.05. The number of aliphatic hydroxyl groups excluding tert-OH is 1. The number of likely N-dealkylation sites (tertiary alicyclic amines) is 1. The van der Waals surface area contributed by atoms with Crippen molar-refractivity contribution in [3.05, 3.63) is 34.3 Å². The summed E-state index contributed by atoms with van der Waals surface area (Å²) in [6.45, 7) is 3.17. The molecular weight excluding hydrogens is 320 g/mol. The normalized spacial score (nSPS) is 20.6. The van der Waals surface area contributed by atoms with E-state index in [0.717, 1.165) is 30.3 Å². The highest BCUT2D eigenvalue weighted by Crippen LogP contribution is 2.14. The van der Waals surface area contributed by atoms with Crippen LogP contribution < -0.4 is 5.32 Å². The van der Waals surface area contributed by atoms with Crippen molar-refractivity contribution in [1.82, 2.24) is 10.2 Å². The van der Waals surface area contributed by atoms with Crippen LogP contribution in [0.3, 0.4) is 0 Å². The Balaban J connectivity index is 1.84. The van der Waals surface area contributed by atoms with Gasteiger partial charge in [0, 0.05) is 23.6 Å². The van der Waals surface area contributed by atoms with E-state index < -0.39 is 0 Å². The third-order valence-corrected chi connectivity index (χ3v) is 3.98. The molecule has 1 heterocycles. The number of hydrogen-bond donors (Lipinski definition) is 2. The van der Waals surface area contributed by atoms with Gasteiger partial charge in [-0.15, -0.1) is 0 Å². The Morgan fingerprint density at radius 2 is 2.40 bits per heavy atom. The zero-order valence-electron chi connectivity index (χ0n) is 11.7. The molecule has 0 spiro atoms. The molecule has 110 valence electrons. The topological polar surface area (TPSA) is 52.6 Å². The van der Waals surface area contributed by atoms with Gasteiger partial charge in [0.2, 0.25) is 0 Å². The summed E-state index contributed by atoms with van der Waals surface area (Å²) in [6.07, 6.45) is 2.07. The van der Waals surface area contributed by atoms with Gasteiger partial charge in [0.25, 0.3) is 0 Å². The lowest BCUT2D eigenvalue weighted by molar-refractivity contribution is 0.0835. The molecule has 2 unspecified atom stereocenters. The fraction of sp³-hybridized carbons (Fsp3) is 0.533. The number of nitrogens with zero attached hydrogens (tertiary/aromatic N) is 1. The summed E-state index contributed by atoms with van der Waals surface area (Å²) in [5.74, 6) is 0. The van der Waals surface area contributed by atoms with E-state index in [1.165, 1.54) is 5.56 Å². The molecule has 1 fully saturated rings. The van der Waals surface area contributed by atoms with Crippen LogP contribution in [0.2, 0.25) is 0 Å². The highest BCUT2D eigenvalue weighted by Gasteiger charge is 2.22. The van der Waals surface area contributed by atoms with Crippen molar-refractivity contribution in [2.45, 2.75) is 38.3 Å². The fourth-order valence-corrected chi connectivity index (χ4v) is 2.96. The number of β-amino-alcohol motifs (C(OH)–C–C–N with tert-alkyl or cyclic N) is 1. The van der Waals surface area contributed by atoms with Gasteiger partial charge in [-0.05, 0) is 43.9 Å². The molecule has 2 N–H and O–H groups in total. The molecule has 0 radical (unpaired) electrons. The van der Waals surface area contributed by atoms with Crippen molar-refractivity contribution < 1.29 is 9.90 Å². The minimum Gasteiger partial charge on any atom is -0.391 e. The molecule has 0 aliphatic carbocycles. The summed E-state index contributed by atoms with van der Waals surface area (Å²) in [6, 6.07) is 8.09. The second-order valence-corrected chi connectivity index (χ2v) is 6.34. The average Bonchev–Trinajstić information content (AvgIpc) is 2.38. The summed E-state index contributed by atoms with van der Waals surface area (Å²) in [7, 11) is 0. The molecule has 5 heteroatoms. The van der Waals surface area contributed by atoms with Crippen LogP contribution in [0.4, 0.5) is 4.79 Å². The molecule has 1 aliphatic rings. The molecular formula is C15H21BrN2O2. The first-order chi connectivity index (χ1) is 9.54. The first-order valence-corrected chi connectivity index (χ1v) is 7.82. The van der Waals surface area contributed by atoms with Gasteiger partial charge in [-0.1, -0.05) is 28.1 Å². The predicted octanol–water partition coefficient (Wildman–Crippen LogP) is 2.55. The van der Waals surface area contributed by atoms with Gasteiger partial charge in [0.1, 0.15) is 0 Å². The monoisotopic (exact) mass is 340 g/mol. The minimum absolute atomic E-state index is 0.0656. The quantitative estimate of drug-likeness (QED) is 0.888. The smallest absolute Gasteiger partial charge is 0.317 e. The number of carbonyl (C=O) groups excluding carboxylic acids is 1. The fourth-order valence-electron chi connectivity index (χ4n) is 2.51. The molecule has 1 saturated heterocycles. The maximum atomic E-state index is 12.1. The van der Waals surface area contributed by atoms with Crippen molar-refractivity contribution in [1.29, 1.82) is 0 Å². The number of urea groups is 1. The summed E-state index contributed by atoms with van der Waals surface area (Å²) in [5.41, 5.74) is 1.19. The molecule has 4 nitrogen and oxygen atoms in total. The Morgan fingerprint density at radius 1 is 1.60 bits per heavy atom. The molecule has 1 aliphatic heterocycles. The standard InChI is InChI=1S/C15H21BrN2O2/c1-11(8-12-4-2-5-13(16)9-12)17-15(20)18-7-3-6-14(19)10-18/h2,4-5,9,11,14,19H,3,6-8,10H2,1H3,(H,17,20). The third-order valence-electron chi connectivity index (χ3n) is 3.48. The van der Waals surface area contributed by atoms with E-state index in [9.17, 15) is 9.90 Å². The van der Waals surface area contributed by atoms with E-state index >= 15 is 0 Å². The molecule has 1 aromatic carbocycles. The second kappa shape index (κ2) is 7.09. The van der Waals surface area contributed by atoms with Crippen LogP contribution in [-0.2, 0) is 6.42 Å². The number of amides is 2. The molecule has 2 amide bonds. The van der Waals surface area contributed by atoms with E-state index in [-0.39, 0.29) is 18.2 Å². The molecule has 2 rings (SSSR count). The van der Waals surface area contributed by atoms with E-state index in [2.05, 4.69) is 33.4 Å². The van der Waals surface area contributed by atoms with Crippen LogP contribution >= 0.6 is 15.9 Å². The molecule has 0 aromatic heterocycles. The van der Waals surface area contributed by atoms with Gasteiger partial charge in [-0.2, -0.15) is 0 Å². The number of aliphatic hydroxyl groups is 1. The number of halogens is 1. The van der Waals surface area contributed by atoms with Crippen LogP contribution in [-0.4, -0.2) is 41.3 Å². The number of benzene rings is 1. The predicted molar refractivity (Wildman–Crippen MR) is 82.7 cm³/mol. The first-order valence-electron chi connectivity index (χ1n) is 7.02. The second-order valence-electron chi connectivity index (χ2n) is 5.43. The van der Waals surface area contributed by atoms with E-state index in [1.807, 2.05) is 19.1 Å². The SMILES string of the molecule is CC(Cc1cccc(Br)c1)NC(=O)N1CCCC(O)C1. The van der Waals surface area contributed by atoms with E-state index in [4.69, 9.17) is 0 Å². The molecule has 0 bridgehead atoms. The lowest BCUT2D eigenvalue weighted by Crippen LogP contribution is -2.49. The molecule has 2 atom stereocenters. The van der Waals surface area contributed by atoms with Crippen LogP contribution in [0.5, 0.6) is 0 Å². The Bertz CT molecular complexity index is 467. The van der Waals surface area contributed by atoms with Gasteiger partial charge >= 0.3 is 6.03 Å². The number of carbonyl (C=O) groups is 1. The maximum Gasteiger partial charge on any atom is 0.317 e. The van der Waals surface area contributed by atoms with Gasteiger partial charge in [0.05, 0.1) is 6.10 Å².